The highest BCUT2D eigenvalue weighted by molar-refractivity contribution is 6.30. The highest BCUT2D eigenvalue weighted by Crippen LogP contribution is 2.30. The minimum absolute atomic E-state index is 0.0100. The molecule has 9 heteroatoms. The number of nitrogens with zero attached hydrogens (tertiary/aromatic N) is 5. The summed E-state index contributed by atoms with van der Waals surface area (Å²) in [5.41, 5.74) is 1.45. The monoisotopic (exact) mass is 439 g/mol. The van der Waals surface area contributed by atoms with Gasteiger partial charge >= 0.3 is 0 Å². The first kappa shape index (κ1) is 20.9. The van der Waals surface area contributed by atoms with Crippen LogP contribution in [0.3, 0.4) is 0 Å². The van der Waals surface area contributed by atoms with Crippen LogP contribution >= 0.6 is 11.6 Å². The van der Waals surface area contributed by atoms with Gasteiger partial charge in [0.15, 0.2) is 17.3 Å². The van der Waals surface area contributed by atoms with Crippen LogP contribution in [0.1, 0.15) is 20.8 Å². The summed E-state index contributed by atoms with van der Waals surface area (Å²) >= 11 is 5.85. The van der Waals surface area contributed by atoms with Crippen LogP contribution in [0.5, 0.6) is 11.5 Å². The van der Waals surface area contributed by atoms with Gasteiger partial charge in [-0.3, -0.25) is 9.36 Å². The van der Waals surface area contributed by atoms with Crippen molar-refractivity contribution in [1.82, 2.24) is 24.1 Å². The molecule has 3 heterocycles. The first-order chi connectivity index (χ1) is 14.7. The van der Waals surface area contributed by atoms with Crippen LogP contribution in [0.4, 0.5) is 0 Å². The Morgan fingerprint density at radius 1 is 1.10 bits per heavy atom. The van der Waals surface area contributed by atoms with Gasteiger partial charge in [-0.25, -0.2) is 14.5 Å². The van der Waals surface area contributed by atoms with Gasteiger partial charge in [-0.2, -0.15) is 5.10 Å². The minimum Gasteiger partial charge on any atom is -0.493 e. The molecule has 8 nitrogen and oxygen atoms in total. The van der Waals surface area contributed by atoms with E-state index in [4.69, 9.17) is 21.1 Å². The normalized spacial score (nSPS) is 11.6. The predicted octanol–water partition coefficient (Wildman–Crippen LogP) is 4.03. The van der Waals surface area contributed by atoms with Crippen molar-refractivity contribution >= 4 is 17.1 Å². The number of halogens is 1. The molecule has 4 rings (SSSR count). The minimum atomic E-state index is -0.236. The van der Waals surface area contributed by atoms with Crippen molar-refractivity contribution in [3.63, 3.8) is 0 Å². The van der Waals surface area contributed by atoms with Gasteiger partial charge in [0, 0.05) is 30.2 Å². The van der Waals surface area contributed by atoms with Gasteiger partial charge < -0.3 is 9.47 Å². The average molecular weight is 440 g/mol. The zero-order valence-electron chi connectivity index (χ0n) is 17.7. The molecule has 0 aliphatic rings. The molecule has 0 radical (unpaired) electrons. The number of aromatic nitrogens is 5. The second-order valence-electron chi connectivity index (χ2n) is 8.27. The molecule has 0 saturated carbocycles. The molecule has 0 fully saturated rings. The lowest BCUT2D eigenvalue weighted by atomic mass is 9.99. The molecular weight excluding hydrogens is 418 g/mol. The SMILES string of the molecule is COc1cc(-n2cnn3cc(-c4ncc(Cl)cn4)cc3c2=O)ccc1OCC(C)(C)C. The van der Waals surface area contributed by atoms with Gasteiger partial charge in [-0.15, -0.1) is 0 Å². The van der Waals surface area contributed by atoms with Crippen molar-refractivity contribution in [3.8, 4) is 28.6 Å². The Hall–Kier alpha value is -3.39. The van der Waals surface area contributed by atoms with E-state index in [1.807, 2.05) is 0 Å². The summed E-state index contributed by atoms with van der Waals surface area (Å²) in [4.78, 5) is 21.5. The van der Waals surface area contributed by atoms with Gasteiger partial charge in [-0.1, -0.05) is 32.4 Å². The van der Waals surface area contributed by atoms with Crippen molar-refractivity contribution in [2.45, 2.75) is 20.8 Å². The van der Waals surface area contributed by atoms with Crippen molar-refractivity contribution < 1.29 is 9.47 Å². The molecule has 31 heavy (non-hydrogen) atoms. The Labute approximate surface area is 184 Å². The maximum atomic E-state index is 13.1. The Bertz CT molecular complexity index is 1290. The molecule has 0 spiro atoms. The molecule has 0 N–H and O–H groups in total. The molecule has 0 bridgehead atoms. The third-order valence-electron chi connectivity index (χ3n) is 4.49. The van der Waals surface area contributed by atoms with E-state index >= 15 is 0 Å². The van der Waals surface area contributed by atoms with Crippen LogP contribution in [-0.4, -0.2) is 37.9 Å². The third-order valence-corrected chi connectivity index (χ3v) is 4.69. The summed E-state index contributed by atoms with van der Waals surface area (Å²) in [5.74, 6) is 1.62. The van der Waals surface area contributed by atoms with E-state index in [9.17, 15) is 4.79 Å². The quantitative estimate of drug-likeness (QED) is 0.467. The fraction of sp³-hybridized carbons (Fsp3) is 0.273. The number of hydrogen-bond acceptors (Lipinski definition) is 6. The first-order valence-corrected chi connectivity index (χ1v) is 10.0. The van der Waals surface area contributed by atoms with Gasteiger partial charge in [0.25, 0.3) is 5.56 Å². The van der Waals surface area contributed by atoms with E-state index in [2.05, 4.69) is 35.8 Å². The second kappa shape index (κ2) is 8.03. The fourth-order valence-corrected chi connectivity index (χ4v) is 3.08. The van der Waals surface area contributed by atoms with Crippen LogP contribution in [0, 0.1) is 5.41 Å². The number of hydrogen-bond donors (Lipinski definition) is 0. The van der Waals surface area contributed by atoms with Crippen LogP contribution in [0.25, 0.3) is 22.6 Å². The summed E-state index contributed by atoms with van der Waals surface area (Å²) < 4.78 is 14.3. The van der Waals surface area contributed by atoms with Gasteiger partial charge in [0.1, 0.15) is 11.8 Å². The van der Waals surface area contributed by atoms with E-state index in [0.29, 0.717) is 45.7 Å². The summed E-state index contributed by atoms with van der Waals surface area (Å²) in [6.45, 7) is 6.81. The maximum Gasteiger partial charge on any atom is 0.282 e. The van der Waals surface area contributed by atoms with Crippen molar-refractivity contribution in [3.05, 3.63) is 64.6 Å². The second-order valence-corrected chi connectivity index (χ2v) is 8.71. The van der Waals surface area contributed by atoms with Gasteiger partial charge in [0.2, 0.25) is 0 Å². The van der Waals surface area contributed by atoms with Crippen molar-refractivity contribution in [2.24, 2.45) is 5.41 Å². The molecular formula is C22H22ClN5O3. The lowest BCUT2D eigenvalue weighted by Crippen LogP contribution is -2.21. The van der Waals surface area contributed by atoms with Crippen LogP contribution in [0.2, 0.25) is 5.02 Å². The van der Waals surface area contributed by atoms with Gasteiger partial charge in [-0.05, 0) is 23.6 Å². The third kappa shape index (κ3) is 4.39. The number of methoxy groups -OCH3 is 1. The van der Waals surface area contributed by atoms with E-state index in [0.717, 1.165) is 0 Å². The number of ether oxygens (including phenoxy) is 2. The first-order valence-electron chi connectivity index (χ1n) is 9.64. The highest BCUT2D eigenvalue weighted by Gasteiger charge is 2.16. The summed E-state index contributed by atoms with van der Waals surface area (Å²) in [6.07, 6.45) is 6.18. The van der Waals surface area contributed by atoms with E-state index in [-0.39, 0.29) is 11.0 Å². The Kier molecular flexibility index (Phi) is 5.41. The van der Waals surface area contributed by atoms with E-state index in [1.165, 1.54) is 27.8 Å². The molecule has 4 aromatic rings. The number of rotatable bonds is 5. The molecule has 3 aromatic heterocycles. The predicted molar refractivity (Wildman–Crippen MR) is 118 cm³/mol. The largest absolute Gasteiger partial charge is 0.493 e. The molecule has 0 atom stereocenters. The number of fused-ring (bicyclic) bond motifs is 1. The summed E-state index contributed by atoms with van der Waals surface area (Å²) in [5, 5.41) is 4.80. The lowest BCUT2D eigenvalue weighted by Gasteiger charge is -2.20. The Balaban J connectivity index is 1.71. The molecule has 0 aliphatic carbocycles. The number of benzene rings is 1. The summed E-state index contributed by atoms with van der Waals surface area (Å²) in [6, 6.07) is 7.05. The molecule has 0 aliphatic heterocycles. The average Bonchev–Trinajstić information content (AvgIpc) is 3.18. The van der Waals surface area contributed by atoms with Gasteiger partial charge in [0.05, 0.1) is 24.4 Å². The van der Waals surface area contributed by atoms with Crippen molar-refractivity contribution in [2.75, 3.05) is 13.7 Å². The Morgan fingerprint density at radius 3 is 2.52 bits per heavy atom. The zero-order chi connectivity index (χ0) is 22.2. The standard InChI is InChI=1S/C22H22ClN5O3/c1-22(2,3)12-31-18-6-5-16(8-19(18)30-4)27-13-26-28-11-14(7-17(28)21(27)29)20-24-9-15(23)10-25-20/h5-11,13H,12H2,1-4H3. The molecule has 0 unspecified atom stereocenters. The Morgan fingerprint density at radius 2 is 1.84 bits per heavy atom. The molecule has 0 saturated heterocycles. The lowest BCUT2D eigenvalue weighted by molar-refractivity contribution is 0.191. The maximum absolute atomic E-state index is 13.1. The smallest absolute Gasteiger partial charge is 0.282 e. The van der Waals surface area contributed by atoms with Crippen LogP contribution < -0.4 is 15.0 Å². The van der Waals surface area contributed by atoms with Crippen molar-refractivity contribution in [1.29, 1.82) is 0 Å². The molecule has 0 amide bonds. The topological polar surface area (TPSA) is 83.5 Å². The fourth-order valence-electron chi connectivity index (χ4n) is 2.98. The summed E-state index contributed by atoms with van der Waals surface area (Å²) in [7, 11) is 1.57. The molecule has 1 aromatic carbocycles. The molecule has 160 valence electrons. The van der Waals surface area contributed by atoms with Crippen LogP contribution in [-0.2, 0) is 0 Å². The van der Waals surface area contributed by atoms with E-state index in [1.54, 1.807) is 37.6 Å². The highest BCUT2D eigenvalue weighted by atomic mass is 35.5. The van der Waals surface area contributed by atoms with E-state index < -0.39 is 0 Å². The zero-order valence-corrected chi connectivity index (χ0v) is 18.4. The van der Waals surface area contributed by atoms with Crippen LogP contribution in [0.15, 0.2) is 54.0 Å².